The highest BCUT2D eigenvalue weighted by Crippen LogP contribution is 2.39. The first-order valence-electron chi connectivity index (χ1n) is 4.72. The smallest absolute Gasteiger partial charge is 0.308 e. The number of hydrogen-bond donors (Lipinski definition) is 1. The molecule has 0 aromatic rings. The fourth-order valence-corrected chi connectivity index (χ4v) is 0.975. The Bertz CT molecular complexity index is 291. The Labute approximate surface area is 100 Å². The van der Waals surface area contributed by atoms with Crippen molar-refractivity contribution in [3.8, 4) is 0 Å². The van der Waals surface area contributed by atoms with Crippen molar-refractivity contribution in [3.63, 3.8) is 0 Å². The molecule has 0 heterocycles. The van der Waals surface area contributed by atoms with E-state index in [-0.39, 0.29) is 0 Å². The first kappa shape index (κ1) is 18.3. The van der Waals surface area contributed by atoms with Crippen molar-refractivity contribution in [1.29, 1.82) is 0 Å². The van der Waals surface area contributed by atoms with Gasteiger partial charge in [-0.1, -0.05) is 0 Å². The minimum atomic E-state index is -5.91. The molecule has 0 spiro atoms. The number of nitrogens with one attached hydrogen (secondary N) is 1. The lowest BCUT2D eigenvalue weighted by atomic mass is 10.1. The van der Waals surface area contributed by atoms with Gasteiger partial charge in [0.1, 0.15) is 0 Å². The molecule has 1 N–H and O–H groups in total. The average molecular weight is 309 g/mol. The Morgan fingerprint density at radius 1 is 0.737 bits per heavy atom. The van der Waals surface area contributed by atoms with Crippen molar-refractivity contribution >= 4 is 0 Å². The maximum atomic E-state index is 12.5. The summed E-state index contributed by atoms with van der Waals surface area (Å²) in [4.78, 5) is 0. The van der Waals surface area contributed by atoms with E-state index in [0.29, 0.717) is 6.92 Å². The SMILES string of the molecule is CC(CC(F)(F)C(F)(F)F)NCC(F)(F)C(F)(F)F. The van der Waals surface area contributed by atoms with Gasteiger partial charge in [0, 0.05) is 12.5 Å². The first-order valence-corrected chi connectivity index (χ1v) is 4.72. The highest BCUT2D eigenvalue weighted by atomic mass is 19.4. The summed E-state index contributed by atoms with van der Waals surface area (Å²) in [6.45, 7) is -1.43. The molecule has 0 aromatic heterocycles. The van der Waals surface area contributed by atoms with Gasteiger partial charge in [-0.05, 0) is 6.92 Å². The van der Waals surface area contributed by atoms with Gasteiger partial charge in [0.25, 0.3) is 0 Å². The zero-order valence-corrected chi connectivity index (χ0v) is 9.27. The van der Waals surface area contributed by atoms with Crippen molar-refractivity contribution in [2.24, 2.45) is 0 Å². The molecule has 0 aromatic carbocycles. The van der Waals surface area contributed by atoms with Crippen LogP contribution >= 0.6 is 0 Å². The highest BCUT2D eigenvalue weighted by molar-refractivity contribution is 4.84. The van der Waals surface area contributed by atoms with Crippen LogP contribution in [0.15, 0.2) is 0 Å². The molecule has 1 nitrogen and oxygen atoms in total. The van der Waals surface area contributed by atoms with Crippen molar-refractivity contribution < 1.29 is 43.9 Å². The number of alkyl halides is 10. The van der Waals surface area contributed by atoms with Gasteiger partial charge in [-0.25, -0.2) is 0 Å². The molecule has 0 radical (unpaired) electrons. The molecular formula is C8H9F10N. The standard InChI is InChI=1S/C8H9F10N/c1-4(2-5(9,10)7(13,14)15)19-3-6(11,12)8(16,17)18/h4,19H,2-3H2,1H3. The third kappa shape index (κ3) is 5.03. The third-order valence-corrected chi connectivity index (χ3v) is 2.06. The van der Waals surface area contributed by atoms with Crippen LogP contribution in [0.25, 0.3) is 0 Å². The van der Waals surface area contributed by atoms with Crippen molar-refractivity contribution in [3.05, 3.63) is 0 Å². The zero-order valence-electron chi connectivity index (χ0n) is 9.27. The van der Waals surface area contributed by atoms with Crippen LogP contribution in [0.2, 0.25) is 0 Å². The lowest BCUT2D eigenvalue weighted by Gasteiger charge is -2.26. The van der Waals surface area contributed by atoms with Gasteiger partial charge in [0.15, 0.2) is 0 Å². The van der Waals surface area contributed by atoms with Crippen LogP contribution in [-0.2, 0) is 0 Å². The van der Waals surface area contributed by atoms with E-state index in [1.807, 2.05) is 0 Å². The lowest BCUT2D eigenvalue weighted by Crippen LogP contribution is -2.49. The van der Waals surface area contributed by atoms with E-state index in [9.17, 15) is 43.9 Å². The maximum Gasteiger partial charge on any atom is 0.454 e. The second-order valence-electron chi connectivity index (χ2n) is 3.89. The largest absolute Gasteiger partial charge is 0.454 e. The second-order valence-corrected chi connectivity index (χ2v) is 3.89. The van der Waals surface area contributed by atoms with E-state index in [1.165, 1.54) is 5.32 Å². The molecule has 0 rings (SSSR count). The van der Waals surface area contributed by atoms with E-state index >= 15 is 0 Å². The van der Waals surface area contributed by atoms with Gasteiger partial charge < -0.3 is 5.32 Å². The number of hydrogen-bond acceptors (Lipinski definition) is 1. The van der Waals surface area contributed by atoms with E-state index in [4.69, 9.17) is 0 Å². The molecule has 0 amide bonds. The third-order valence-electron chi connectivity index (χ3n) is 2.06. The van der Waals surface area contributed by atoms with Gasteiger partial charge in [-0.3, -0.25) is 0 Å². The predicted molar refractivity (Wildman–Crippen MR) is 44.1 cm³/mol. The summed E-state index contributed by atoms with van der Waals surface area (Å²) in [5.74, 6) is -10.4. The average Bonchev–Trinajstić information content (AvgIpc) is 2.10. The van der Waals surface area contributed by atoms with Gasteiger partial charge in [0.2, 0.25) is 0 Å². The predicted octanol–water partition coefficient (Wildman–Crippen LogP) is 3.75. The number of rotatable bonds is 5. The van der Waals surface area contributed by atoms with Crippen LogP contribution in [0.1, 0.15) is 13.3 Å². The molecule has 116 valence electrons. The zero-order chi connectivity index (χ0) is 15.7. The summed E-state index contributed by atoms with van der Waals surface area (Å²) in [7, 11) is 0. The van der Waals surface area contributed by atoms with Crippen LogP contribution in [0.5, 0.6) is 0 Å². The first-order chi connectivity index (χ1) is 8.10. The Kier molecular flexibility index (Phi) is 5.12. The molecule has 0 saturated heterocycles. The quantitative estimate of drug-likeness (QED) is 0.763. The fourth-order valence-electron chi connectivity index (χ4n) is 0.975. The van der Waals surface area contributed by atoms with Crippen LogP contribution in [-0.4, -0.2) is 36.8 Å². The van der Waals surface area contributed by atoms with Crippen molar-refractivity contribution in [2.45, 2.75) is 43.6 Å². The molecule has 0 aliphatic rings. The Balaban J connectivity index is 4.47. The van der Waals surface area contributed by atoms with E-state index in [2.05, 4.69) is 0 Å². The van der Waals surface area contributed by atoms with Gasteiger partial charge in [0.05, 0.1) is 6.54 Å². The van der Waals surface area contributed by atoms with Gasteiger partial charge in [-0.15, -0.1) is 0 Å². The van der Waals surface area contributed by atoms with Crippen LogP contribution in [0, 0.1) is 0 Å². The molecule has 0 fully saturated rings. The van der Waals surface area contributed by atoms with Crippen LogP contribution < -0.4 is 5.32 Å². The summed E-state index contributed by atoms with van der Waals surface area (Å²) in [6.07, 6.45) is -13.7. The molecule has 0 aliphatic heterocycles. The van der Waals surface area contributed by atoms with Gasteiger partial charge >= 0.3 is 24.2 Å². The summed E-state index contributed by atoms with van der Waals surface area (Å²) < 4.78 is 120. The summed E-state index contributed by atoms with van der Waals surface area (Å²) >= 11 is 0. The normalized spacial score (nSPS) is 16.6. The van der Waals surface area contributed by atoms with E-state index in [0.717, 1.165) is 0 Å². The summed E-state index contributed by atoms with van der Waals surface area (Å²) in [5.41, 5.74) is 0. The maximum absolute atomic E-state index is 12.5. The van der Waals surface area contributed by atoms with Gasteiger partial charge in [-0.2, -0.15) is 43.9 Å². The summed E-state index contributed by atoms with van der Waals surface area (Å²) in [5, 5.41) is 1.31. The molecule has 1 unspecified atom stereocenters. The molecule has 0 saturated carbocycles. The Morgan fingerprint density at radius 3 is 1.42 bits per heavy atom. The monoisotopic (exact) mass is 309 g/mol. The molecule has 0 bridgehead atoms. The second kappa shape index (κ2) is 5.33. The van der Waals surface area contributed by atoms with Crippen LogP contribution in [0.3, 0.4) is 0 Å². The Hall–Kier alpha value is -0.740. The topological polar surface area (TPSA) is 12.0 Å². The minimum Gasteiger partial charge on any atom is -0.308 e. The molecular weight excluding hydrogens is 300 g/mol. The number of halogens is 10. The molecule has 19 heavy (non-hydrogen) atoms. The minimum absolute atomic E-state index is 0.645. The summed E-state index contributed by atoms with van der Waals surface area (Å²) in [6, 6.07) is -1.88. The van der Waals surface area contributed by atoms with Crippen molar-refractivity contribution in [1.82, 2.24) is 5.32 Å². The van der Waals surface area contributed by atoms with E-state index < -0.39 is 43.2 Å². The fraction of sp³-hybridized carbons (Fsp3) is 1.00. The lowest BCUT2D eigenvalue weighted by molar-refractivity contribution is -0.288. The Morgan fingerprint density at radius 2 is 1.11 bits per heavy atom. The van der Waals surface area contributed by atoms with Crippen LogP contribution in [0.4, 0.5) is 43.9 Å². The van der Waals surface area contributed by atoms with E-state index in [1.54, 1.807) is 0 Å². The molecule has 0 aliphatic carbocycles. The molecule has 11 heteroatoms. The highest BCUT2D eigenvalue weighted by Gasteiger charge is 2.59. The molecule has 1 atom stereocenters. The van der Waals surface area contributed by atoms with Crippen molar-refractivity contribution in [2.75, 3.05) is 6.54 Å².